The molecule has 1 aliphatic rings. The van der Waals surface area contributed by atoms with Gasteiger partial charge in [0.25, 0.3) is 11.8 Å². The highest BCUT2D eigenvalue weighted by Gasteiger charge is 2.54. The number of carbonyl (C=O) groups is 2. The Morgan fingerprint density at radius 3 is 2.12 bits per heavy atom. The number of hydrogen-bond acceptors (Lipinski definition) is 4. The van der Waals surface area contributed by atoms with E-state index in [0.29, 0.717) is 5.56 Å². The lowest BCUT2D eigenvalue weighted by molar-refractivity contribution is -0.250. The van der Waals surface area contributed by atoms with Crippen LogP contribution in [-0.4, -0.2) is 35.7 Å². The largest absolute Gasteiger partial charge is 0.354 e. The second kappa shape index (κ2) is 6.78. The highest BCUT2D eigenvalue weighted by Crippen LogP contribution is 2.40. The number of methoxy groups -OCH3 is 1. The van der Waals surface area contributed by atoms with Gasteiger partial charge in [-0.3, -0.25) is 14.5 Å². The van der Waals surface area contributed by atoms with E-state index in [0.717, 1.165) is 5.56 Å². The maximum absolute atomic E-state index is 12.8. The molecule has 2 aromatic rings. The second-order valence-corrected chi connectivity index (χ2v) is 6.38. The molecule has 0 spiro atoms. The molecule has 5 heteroatoms. The molecule has 3 rings (SSSR count). The van der Waals surface area contributed by atoms with Gasteiger partial charge in [0.15, 0.2) is 11.9 Å². The second-order valence-electron chi connectivity index (χ2n) is 6.38. The van der Waals surface area contributed by atoms with Gasteiger partial charge in [-0.25, -0.2) is 0 Å². The first-order valence-corrected chi connectivity index (χ1v) is 8.15. The molecule has 0 saturated carbocycles. The number of nitrogens with zero attached hydrogens (tertiary/aromatic N) is 1. The Hall–Kier alpha value is -2.50. The number of rotatable bonds is 5. The van der Waals surface area contributed by atoms with Crippen molar-refractivity contribution in [1.29, 1.82) is 0 Å². The topological polar surface area (TPSA) is 55.8 Å². The van der Waals surface area contributed by atoms with Gasteiger partial charge in [0.05, 0.1) is 0 Å². The molecule has 2 aromatic carbocycles. The Balaban J connectivity index is 1.93. The SMILES string of the molecule is COC(C)(C)OC1C(=O)N(C(=O)c2ccccc2)[C@H]1c1ccccc1. The van der Waals surface area contributed by atoms with Gasteiger partial charge in [0.2, 0.25) is 0 Å². The molecule has 0 aromatic heterocycles. The number of imide groups is 1. The Morgan fingerprint density at radius 1 is 1.00 bits per heavy atom. The molecule has 130 valence electrons. The van der Waals surface area contributed by atoms with Crippen molar-refractivity contribution in [3.8, 4) is 0 Å². The molecule has 1 unspecified atom stereocenters. The number of ether oxygens (including phenoxy) is 2. The van der Waals surface area contributed by atoms with Crippen LogP contribution in [0.4, 0.5) is 0 Å². The third kappa shape index (κ3) is 3.34. The van der Waals surface area contributed by atoms with E-state index in [1.807, 2.05) is 36.4 Å². The van der Waals surface area contributed by atoms with Gasteiger partial charge in [-0.2, -0.15) is 0 Å². The monoisotopic (exact) mass is 339 g/mol. The molecule has 1 fully saturated rings. The molecule has 1 saturated heterocycles. The minimum Gasteiger partial charge on any atom is -0.354 e. The first kappa shape index (κ1) is 17.3. The van der Waals surface area contributed by atoms with Crippen LogP contribution in [0.1, 0.15) is 35.8 Å². The summed E-state index contributed by atoms with van der Waals surface area (Å²) in [6.45, 7) is 3.48. The summed E-state index contributed by atoms with van der Waals surface area (Å²) in [5.41, 5.74) is 1.32. The van der Waals surface area contributed by atoms with Gasteiger partial charge in [0, 0.05) is 12.7 Å². The third-order valence-corrected chi connectivity index (χ3v) is 4.33. The van der Waals surface area contributed by atoms with Crippen LogP contribution in [0.15, 0.2) is 60.7 Å². The molecule has 1 heterocycles. The van der Waals surface area contributed by atoms with Crippen LogP contribution in [0.3, 0.4) is 0 Å². The fourth-order valence-electron chi connectivity index (χ4n) is 2.85. The van der Waals surface area contributed by atoms with Crippen molar-refractivity contribution >= 4 is 11.8 Å². The fraction of sp³-hybridized carbons (Fsp3) is 0.300. The summed E-state index contributed by atoms with van der Waals surface area (Å²) in [6.07, 6.45) is -0.759. The van der Waals surface area contributed by atoms with Crippen molar-refractivity contribution in [2.75, 3.05) is 7.11 Å². The van der Waals surface area contributed by atoms with Gasteiger partial charge in [-0.15, -0.1) is 0 Å². The summed E-state index contributed by atoms with van der Waals surface area (Å²) in [5, 5.41) is 0. The van der Waals surface area contributed by atoms with E-state index in [2.05, 4.69) is 0 Å². The van der Waals surface area contributed by atoms with E-state index >= 15 is 0 Å². The van der Waals surface area contributed by atoms with Crippen molar-refractivity contribution in [2.24, 2.45) is 0 Å². The van der Waals surface area contributed by atoms with E-state index in [9.17, 15) is 9.59 Å². The van der Waals surface area contributed by atoms with Crippen LogP contribution < -0.4 is 0 Å². The first-order valence-electron chi connectivity index (χ1n) is 8.15. The van der Waals surface area contributed by atoms with Crippen LogP contribution in [0, 0.1) is 0 Å². The smallest absolute Gasteiger partial charge is 0.261 e. The Morgan fingerprint density at radius 2 is 1.56 bits per heavy atom. The lowest BCUT2D eigenvalue weighted by Gasteiger charge is -2.47. The minimum absolute atomic E-state index is 0.325. The molecule has 0 radical (unpaired) electrons. The molecule has 2 atom stereocenters. The zero-order valence-electron chi connectivity index (χ0n) is 14.5. The summed E-state index contributed by atoms with van der Waals surface area (Å²) in [5.74, 6) is -1.60. The Kier molecular flexibility index (Phi) is 4.70. The summed E-state index contributed by atoms with van der Waals surface area (Å²) in [4.78, 5) is 26.8. The number of hydrogen-bond donors (Lipinski definition) is 0. The quantitative estimate of drug-likeness (QED) is 0.477. The molecule has 0 N–H and O–H groups in total. The van der Waals surface area contributed by atoms with Crippen molar-refractivity contribution in [1.82, 2.24) is 4.90 Å². The highest BCUT2D eigenvalue weighted by molar-refractivity contribution is 6.10. The molecule has 1 aliphatic heterocycles. The van der Waals surface area contributed by atoms with E-state index < -0.39 is 17.9 Å². The number of carbonyl (C=O) groups excluding carboxylic acids is 2. The van der Waals surface area contributed by atoms with Gasteiger partial charge in [-0.05, 0) is 31.5 Å². The van der Waals surface area contributed by atoms with Gasteiger partial charge >= 0.3 is 0 Å². The van der Waals surface area contributed by atoms with E-state index in [-0.39, 0.29) is 11.8 Å². The van der Waals surface area contributed by atoms with Crippen LogP contribution >= 0.6 is 0 Å². The average Bonchev–Trinajstić information content (AvgIpc) is 2.65. The Labute approximate surface area is 147 Å². The molecule has 0 bridgehead atoms. The summed E-state index contributed by atoms with van der Waals surface area (Å²) < 4.78 is 11.1. The zero-order chi connectivity index (χ0) is 18.0. The van der Waals surface area contributed by atoms with Crippen LogP contribution in [0.25, 0.3) is 0 Å². The average molecular weight is 339 g/mol. The van der Waals surface area contributed by atoms with E-state index in [1.165, 1.54) is 12.0 Å². The van der Waals surface area contributed by atoms with Crippen molar-refractivity contribution in [2.45, 2.75) is 31.8 Å². The van der Waals surface area contributed by atoms with Crippen molar-refractivity contribution < 1.29 is 19.1 Å². The number of amides is 2. The van der Waals surface area contributed by atoms with Gasteiger partial charge in [-0.1, -0.05) is 48.5 Å². The van der Waals surface area contributed by atoms with Crippen LogP contribution in [0.2, 0.25) is 0 Å². The third-order valence-electron chi connectivity index (χ3n) is 4.33. The standard InChI is InChI=1S/C20H21NO4/c1-20(2,24-3)25-17-16(14-10-6-4-7-11-14)21(19(17)23)18(22)15-12-8-5-9-13-15/h4-13,16-17H,1-3H3/t16-,17?/m0/s1. The van der Waals surface area contributed by atoms with Gasteiger partial charge < -0.3 is 9.47 Å². The lowest BCUT2D eigenvalue weighted by atomic mass is 9.89. The normalized spacial score (nSPS) is 20.3. The molecule has 0 aliphatic carbocycles. The van der Waals surface area contributed by atoms with Crippen LogP contribution in [-0.2, 0) is 14.3 Å². The summed E-state index contributed by atoms with van der Waals surface area (Å²) in [7, 11) is 1.52. The van der Waals surface area contributed by atoms with Crippen molar-refractivity contribution in [3.05, 3.63) is 71.8 Å². The van der Waals surface area contributed by atoms with E-state index in [4.69, 9.17) is 9.47 Å². The predicted molar refractivity (Wildman–Crippen MR) is 92.8 cm³/mol. The molecule has 5 nitrogen and oxygen atoms in total. The Bertz CT molecular complexity index is 758. The number of benzene rings is 2. The first-order chi connectivity index (χ1) is 11.9. The van der Waals surface area contributed by atoms with E-state index in [1.54, 1.807) is 38.1 Å². The lowest BCUT2D eigenvalue weighted by Crippen LogP contribution is -2.63. The molecular formula is C20H21NO4. The molecule has 25 heavy (non-hydrogen) atoms. The predicted octanol–water partition coefficient (Wildman–Crippen LogP) is 3.18. The van der Waals surface area contributed by atoms with Crippen LogP contribution in [0.5, 0.6) is 0 Å². The maximum atomic E-state index is 12.8. The summed E-state index contributed by atoms with van der Waals surface area (Å²) >= 11 is 0. The molecule has 2 amide bonds. The summed E-state index contributed by atoms with van der Waals surface area (Å²) in [6, 6.07) is 17.7. The minimum atomic E-state index is -0.921. The highest BCUT2D eigenvalue weighted by atomic mass is 16.7. The fourth-order valence-corrected chi connectivity index (χ4v) is 2.85. The van der Waals surface area contributed by atoms with Crippen molar-refractivity contribution in [3.63, 3.8) is 0 Å². The maximum Gasteiger partial charge on any atom is 0.261 e. The number of β-lactam (4-membered cyclic amide) rings is 1. The van der Waals surface area contributed by atoms with Gasteiger partial charge in [0.1, 0.15) is 6.04 Å². The zero-order valence-corrected chi connectivity index (χ0v) is 14.5. The molecular weight excluding hydrogens is 318 g/mol. The number of likely N-dealkylation sites (tertiary alicyclic amines) is 1.